The van der Waals surface area contributed by atoms with Gasteiger partial charge in [0.25, 0.3) is 5.91 Å². The van der Waals surface area contributed by atoms with E-state index < -0.39 is 6.04 Å². The van der Waals surface area contributed by atoms with Crippen LogP contribution in [0.5, 0.6) is 5.75 Å². The van der Waals surface area contributed by atoms with Crippen molar-refractivity contribution in [1.82, 2.24) is 10.6 Å². The molecule has 2 rings (SSSR count). The van der Waals surface area contributed by atoms with E-state index in [9.17, 15) is 9.59 Å². The molecule has 0 unspecified atom stereocenters. The number of carbonyl (C=O) groups excluding carboxylic acids is 2. The number of hydrogen-bond donors (Lipinski definition) is 2. The molecule has 0 radical (unpaired) electrons. The van der Waals surface area contributed by atoms with Crippen LogP contribution in [0.4, 0.5) is 0 Å². The molecule has 28 heavy (non-hydrogen) atoms. The third-order valence-corrected chi connectivity index (χ3v) is 4.64. The number of hydrogen-bond acceptors (Lipinski definition) is 3. The summed E-state index contributed by atoms with van der Waals surface area (Å²) in [6.45, 7) is 8.16. The van der Waals surface area contributed by atoms with Crippen molar-refractivity contribution in [2.75, 3.05) is 6.61 Å². The first-order chi connectivity index (χ1) is 13.3. The lowest BCUT2D eigenvalue weighted by Gasteiger charge is -2.24. The van der Waals surface area contributed by atoms with Crippen molar-refractivity contribution in [1.29, 1.82) is 0 Å². The van der Waals surface area contributed by atoms with E-state index in [-0.39, 0.29) is 23.8 Å². The molecule has 0 aliphatic heterocycles. The van der Waals surface area contributed by atoms with Crippen LogP contribution in [0.3, 0.4) is 0 Å². The smallest absolute Gasteiger partial charge is 0.251 e. The van der Waals surface area contributed by atoms with Crippen molar-refractivity contribution in [3.63, 3.8) is 0 Å². The second kappa shape index (κ2) is 10.1. The third-order valence-electron chi connectivity index (χ3n) is 4.39. The maximum Gasteiger partial charge on any atom is 0.251 e. The van der Waals surface area contributed by atoms with Gasteiger partial charge < -0.3 is 15.4 Å². The van der Waals surface area contributed by atoms with E-state index in [0.717, 1.165) is 5.56 Å². The van der Waals surface area contributed by atoms with Gasteiger partial charge in [-0.2, -0.15) is 0 Å². The summed E-state index contributed by atoms with van der Waals surface area (Å²) in [5.41, 5.74) is 1.42. The largest absolute Gasteiger partial charge is 0.494 e. The number of nitrogens with one attached hydrogen (secondary N) is 2. The fourth-order valence-electron chi connectivity index (χ4n) is 2.77. The highest BCUT2D eigenvalue weighted by Gasteiger charge is 2.26. The number of benzene rings is 2. The zero-order chi connectivity index (χ0) is 20.7. The van der Waals surface area contributed by atoms with Gasteiger partial charge in [-0.15, -0.1) is 0 Å². The molecule has 0 aromatic heterocycles. The van der Waals surface area contributed by atoms with Gasteiger partial charge in [0, 0.05) is 10.6 Å². The molecule has 2 aromatic carbocycles. The van der Waals surface area contributed by atoms with Gasteiger partial charge in [-0.05, 0) is 61.7 Å². The molecule has 0 spiro atoms. The minimum atomic E-state index is -0.645. The maximum atomic E-state index is 12.8. The van der Waals surface area contributed by atoms with Crippen LogP contribution in [-0.2, 0) is 4.79 Å². The van der Waals surface area contributed by atoms with Gasteiger partial charge >= 0.3 is 0 Å². The van der Waals surface area contributed by atoms with Crippen molar-refractivity contribution in [2.24, 2.45) is 5.92 Å². The normalized spacial score (nSPS) is 12.9. The van der Waals surface area contributed by atoms with Crippen LogP contribution in [0.15, 0.2) is 48.5 Å². The van der Waals surface area contributed by atoms with Gasteiger partial charge in [0.15, 0.2) is 0 Å². The third kappa shape index (κ3) is 5.99. The first-order valence-corrected chi connectivity index (χ1v) is 9.79. The van der Waals surface area contributed by atoms with Crippen LogP contribution in [0.25, 0.3) is 0 Å². The molecular formula is C22H27ClN2O3. The van der Waals surface area contributed by atoms with Crippen molar-refractivity contribution in [3.8, 4) is 5.75 Å². The molecule has 0 saturated heterocycles. The zero-order valence-electron chi connectivity index (χ0n) is 16.7. The highest BCUT2D eigenvalue weighted by atomic mass is 35.5. The standard InChI is InChI=1S/C22H27ClN2O3/c1-5-28-19-12-8-17(9-13-19)21(26)25-20(14(2)3)22(27)24-15(4)16-6-10-18(23)11-7-16/h6-15,20H,5H2,1-4H3,(H,24,27)(H,25,26)/t15-,20-/m0/s1. The van der Waals surface area contributed by atoms with Gasteiger partial charge in [0.05, 0.1) is 12.6 Å². The summed E-state index contributed by atoms with van der Waals surface area (Å²) in [6.07, 6.45) is 0. The quantitative estimate of drug-likeness (QED) is 0.688. The summed E-state index contributed by atoms with van der Waals surface area (Å²) in [4.78, 5) is 25.3. The van der Waals surface area contributed by atoms with Crippen molar-refractivity contribution >= 4 is 23.4 Å². The minimum absolute atomic E-state index is 0.0657. The van der Waals surface area contributed by atoms with Gasteiger partial charge in [-0.3, -0.25) is 9.59 Å². The molecule has 2 aromatic rings. The van der Waals surface area contributed by atoms with E-state index in [0.29, 0.717) is 22.9 Å². The highest BCUT2D eigenvalue weighted by molar-refractivity contribution is 6.30. The lowest BCUT2D eigenvalue weighted by molar-refractivity contribution is -0.124. The molecule has 0 aliphatic rings. The van der Waals surface area contributed by atoms with Crippen LogP contribution in [0, 0.1) is 5.92 Å². The maximum absolute atomic E-state index is 12.8. The number of ether oxygens (including phenoxy) is 1. The van der Waals surface area contributed by atoms with E-state index in [2.05, 4.69) is 10.6 Å². The second-order valence-electron chi connectivity index (χ2n) is 6.93. The summed E-state index contributed by atoms with van der Waals surface area (Å²) in [7, 11) is 0. The minimum Gasteiger partial charge on any atom is -0.494 e. The predicted molar refractivity (Wildman–Crippen MR) is 112 cm³/mol. The Bertz CT molecular complexity index is 788. The Labute approximate surface area is 171 Å². The lowest BCUT2D eigenvalue weighted by atomic mass is 10.0. The van der Waals surface area contributed by atoms with Crippen molar-refractivity contribution < 1.29 is 14.3 Å². The van der Waals surface area contributed by atoms with E-state index in [4.69, 9.17) is 16.3 Å². The topological polar surface area (TPSA) is 67.4 Å². The Hall–Kier alpha value is -2.53. The van der Waals surface area contributed by atoms with Gasteiger partial charge in [0.1, 0.15) is 11.8 Å². The Morgan fingerprint density at radius 3 is 2.11 bits per heavy atom. The summed E-state index contributed by atoms with van der Waals surface area (Å²) in [5, 5.41) is 6.44. The number of halogens is 1. The Kier molecular flexibility index (Phi) is 7.88. The molecule has 0 bridgehead atoms. The Balaban J connectivity index is 2.03. The van der Waals surface area contributed by atoms with Crippen LogP contribution in [0.1, 0.15) is 49.7 Å². The zero-order valence-corrected chi connectivity index (χ0v) is 17.4. The van der Waals surface area contributed by atoms with E-state index in [1.165, 1.54) is 0 Å². The molecule has 0 fully saturated rings. The van der Waals surface area contributed by atoms with Gasteiger partial charge in [-0.1, -0.05) is 37.6 Å². The van der Waals surface area contributed by atoms with Crippen molar-refractivity contribution in [3.05, 3.63) is 64.7 Å². The molecule has 0 aliphatic carbocycles. The van der Waals surface area contributed by atoms with E-state index in [1.54, 1.807) is 36.4 Å². The average Bonchev–Trinajstić information content (AvgIpc) is 2.66. The van der Waals surface area contributed by atoms with Gasteiger partial charge in [-0.25, -0.2) is 0 Å². The average molecular weight is 403 g/mol. The molecule has 2 N–H and O–H groups in total. The molecule has 2 amide bonds. The fourth-order valence-corrected chi connectivity index (χ4v) is 2.89. The molecule has 6 heteroatoms. The molecule has 0 saturated carbocycles. The summed E-state index contributed by atoms with van der Waals surface area (Å²) in [6, 6.07) is 13.3. The van der Waals surface area contributed by atoms with Crippen molar-refractivity contribution in [2.45, 2.75) is 39.8 Å². The van der Waals surface area contributed by atoms with Crippen LogP contribution < -0.4 is 15.4 Å². The number of rotatable bonds is 8. The molecule has 150 valence electrons. The Morgan fingerprint density at radius 1 is 0.964 bits per heavy atom. The first kappa shape index (κ1) is 21.8. The summed E-state index contributed by atoms with van der Waals surface area (Å²) >= 11 is 5.91. The fraction of sp³-hybridized carbons (Fsp3) is 0.364. The van der Waals surface area contributed by atoms with Crippen LogP contribution >= 0.6 is 11.6 Å². The monoisotopic (exact) mass is 402 g/mol. The Morgan fingerprint density at radius 2 is 1.57 bits per heavy atom. The van der Waals surface area contributed by atoms with E-state index >= 15 is 0 Å². The van der Waals surface area contributed by atoms with Crippen LogP contribution in [-0.4, -0.2) is 24.5 Å². The second-order valence-corrected chi connectivity index (χ2v) is 7.37. The molecule has 0 heterocycles. The van der Waals surface area contributed by atoms with Crippen LogP contribution in [0.2, 0.25) is 5.02 Å². The first-order valence-electron chi connectivity index (χ1n) is 9.41. The lowest BCUT2D eigenvalue weighted by Crippen LogP contribution is -2.50. The number of carbonyl (C=O) groups is 2. The summed E-state index contributed by atoms with van der Waals surface area (Å²) < 4.78 is 5.39. The van der Waals surface area contributed by atoms with Gasteiger partial charge in [0.2, 0.25) is 5.91 Å². The highest BCUT2D eigenvalue weighted by Crippen LogP contribution is 2.17. The molecule has 2 atom stereocenters. The summed E-state index contributed by atoms with van der Waals surface area (Å²) in [5.74, 6) is 0.117. The SMILES string of the molecule is CCOc1ccc(C(=O)N[C@H](C(=O)N[C@@H](C)c2ccc(Cl)cc2)C(C)C)cc1. The molecular weight excluding hydrogens is 376 g/mol. The predicted octanol–water partition coefficient (Wildman–Crippen LogP) is 4.37. The van der Waals surface area contributed by atoms with E-state index in [1.807, 2.05) is 39.8 Å². The number of amides is 2. The molecule has 5 nitrogen and oxygen atoms in total.